The second kappa shape index (κ2) is 4.88. The SMILES string of the molecule is CCNC(=O)c1ccc(NCC2(C)CC2)c(N)c1. The van der Waals surface area contributed by atoms with Crippen LogP contribution in [0.1, 0.15) is 37.0 Å². The number of anilines is 2. The highest BCUT2D eigenvalue weighted by molar-refractivity contribution is 5.96. The summed E-state index contributed by atoms with van der Waals surface area (Å²) in [6.07, 6.45) is 2.55. The van der Waals surface area contributed by atoms with Crippen LogP contribution in [0.3, 0.4) is 0 Å². The minimum Gasteiger partial charge on any atom is -0.397 e. The van der Waals surface area contributed by atoms with Gasteiger partial charge in [-0.25, -0.2) is 0 Å². The molecule has 0 saturated heterocycles. The summed E-state index contributed by atoms with van der Waals surface area (Å²) in [5.41, 5.74) is 8.55. The van der Waals surface area contributed by atoms with Crippen LogP contribution in [-0.2, 0) is 0 Å². The zero-order valence-corrected chi connectivity index (χ0v) is 11.0. The number of carbonyl (C=O) groups is 1. The van der Waals surface area contributed by atoms with Crippen molar-refractivity contribution in [3.05, 3.63) is 23.8 Å². The summed E-state index contributed by atoms with van der Waals surface area (Å²) >= 11 is 0. The van der Waals surface area contributed by atoms with Gasteiger partial charge in [-0.1, -0.05) is 6.92 Å². The first kappa shape index (κ1) is 12.7. The summed E-state index contributed by atoms with van der Waals surface area (Å²) < 4.78 is 0. The number of carbonyl (C=O) groups excluding carboxylic acids is 1. The molecule has 1 fully saturated rings. The first-order valence-electron chi connectivity index (χ1n) is 6.46. The number of nitrogens with two attached hydrogens (primary N) is 1. The zero-order valence-electron chi connectivity index (χ0n) is 11.0. The number of amides is 1. The van der Waals surface area contributed by atoms with E-state index < -0.39 is 0 Å². The molecule has 0 aromatic heterocycles. The van der Waals surface area contributed by atoms with Crippen LogP contribution >= 0.6 is 0 Å². The van der Waals surface area contributed by atoms with Crippen molar-refractivity contribution in [1.29, 1.82) is 0 Å². The van der Waals surface area contributed by atoms with Crippen molar-refractivity contribution in [2.75, 3.05) is 24.1 Å². The van der Waals surface area contributed by atoms with Crippen molar-refractivity contribution in [3.63, 3.8) is 0 Å². The van der Waals surface area contributed by atoms with Crippen molar-refractivity contribution in [2.24, 2.45) is 5.41 Å². The number of rotatable bonds is 5. The van der Waals surface area contributed by atoms with E-state index in [2.05, 4.69) is 17.6 Å². The van der Waals surface area contributed by atoms with Gasteiger partial charge in [-0.05, 0) is 43.4 Å². The molecule has 1 aromatic carbocycles. The van der Waals surface area contributed by atoms with Crippen LogP contribution in [0.15, 0.2) is 18.2 Å². The first-order chi connectivity index (χ1) is 8.54. The van der Waals surface area contributed by atoms with E-state index in [-0.39, 0.29) is 5.91 Å². The second-order valence-electron chi connectivity index (χ2n) is 5.33. The molecule has 1 saturated carbocycles. The molecule has 1 aromatic rings. The van der Waals surface area contributed by atoms with E-state index >= 15 is 0 Å². The monoisotopic (exact) mass is 247 g/mol. The zero-order chi connectivity index (χ0) is 13.2. The van der Waals surface area contributed by atoms with Crippen LogP contribution in [0.2, 0.25) is 0 Å². The number of hydrogen-bond acceptors (Lipinski definition) is 3. The molecule has 0 atom stereocenters. The van der Waals surface area contributed by atoms with Gasteiger partial charge < -0.3 is 16.4 Å². The molecule has 18 heavy (non-hydrogen) atoms. The molecule has 0 unspecified atom stereocenters. The highest BCUT2D eigenvalue weighted by atomic mass is 16.1. The van der Waals surface area contributed by atoms with E-state index in [1.54, 1.807) is 12.1 Å². The number of nitrogen functional groups attached to an aromatic ring is 1. The third kappa shape index (κ3) is 2.94. The van der Waals surface area contributed by atoms with Gasteiger partial charge in [0, 0.05) is 18.7 Å². The van der Waals surface area contributed by atoms with Crippen LogP contribution in [0.4, 0.5) is 11.4 Å². The van der Waals surface area contributed by atoms with Gasteiger partial charge in [0.05, 0.1) is 11.4 Å². The number of benzene rings is 1. The van der Waals surface area contributed by atoms with Crippen LogP contribution in [-0.4, -0.2) is 19.0 Å². The van der Waals surface area contributed by atoms with Gasteiger partial charge in [0.25, 0.3) is 5.91 Å². The molecule has 0 aliphatic heterocycles. The standard InChI is InChI=1S/C14H21N3O/c1-3-16-13(18)10-4-5-12(11(15)8-10)17-9-14(2)6-7-14/h4-5,8,17H,3,6-7,9,15H2,1-2H3,(H,16,18). The lowest BCUT2D eigenvalue weighted by molar-refractivity contribution is 0.0956. The first-order valence-corrected chi connectivity index (χ1v) is 6.46. The van der Waals surface area contributed by atoms with Gasteiger partial charge in [-0.15, -0.1) is 0 Å². The second-order valence-corrected chi connectivity index (χ2v) is 5.33. The molecular formula is C14H21N3O. The molecule has 2 rings (SSSR count). The predicted molar refractivity (Wildman–Crippen MR) is 74.7 cm³/mol. The lowest BCUT2D eigenvalue weighted by Gasteiger charge is -2.14. The van der Waals surface area contributed by atoms with E-state index in [0.717, 1.165) is 12.2 Å². The third-order valence-corrected chi connectivity index (χ3v) is 3.46. The molecule has 0 radical (unpaired) electrons. The maximum atomic E-state index is 11.6. The minimum atomic E-state index is -0.0788. The largest absolute Gasteiger partial charge is 0.397 e. The quantitative estimate of drug-likeness (QED) is 0.699. The smallest absolute Gasteiger partial charge is 0.251 e. The summed E-state index contributed by atoms with van der Waals surface area (Å²) in [7, 11) is 0. The van der Waals surface area contributed by atoms with Crippen molar-refractivity contribution >= 4 is 17.3 Å². The Labute approximate surface area is 108 Å². The van der Waals surface area contributed by atoms with Gasteiger partial charge in [0.15, 0.2) is 0 Å². The highest BCUT2D eigenvalue weighted by Crippen LogP contribution is 2.44. The minimum absolute atomic E-state index is 0.0788. The van der Waals surface area contributed by atoms with Gasteiger partial charge in [0.1, 0.15) is 0 Å². The average molecular weight is 247 g/mol. The summed E-state index contributed by atoms with van der Waals surface area (Å²) in [6, 6.07) is 5.41. The van der Waals surface area contributed by atoms with Gasteiger partial charge in [0.2, 0.25) is 0 Å². The molecule has 1 aliphatic carbocycles. The van der Waals surface area contributed by atoms with Gasteiger partial charge in [-0.2, -0.15) is 0 Å². The Hall–Kier alpha value is -1.71. The Morgan fingerprint density at radius 3 is 2.72 bits per heavy atom. The van der Waals surface area contributed by atoms with Crippen LogP contribution < -0.4 is 16.4 Å². The average Bonchev–Trinajstić information content (AvgIpc) is 3.06. The van der Waals surface area contributed by atoms with E-state index in [4.69, 9.17) is 5.73 Å². The molecule has 4 nitrogen and oxygen atoms in total. The Balaban J connectivity index is 2.02. The lowest BCUT2D eigenvalue weighted by atomic mass is 10.1. The van der Waals surface area contributed by atoms with Crippen LogP contribution in [0.25, 0.3) is 0 Å². The maximum absolute atomic E-state index is 11.6. The fourth-order valence-corrected chi connectivity index (χ4v) is 1.83. The normalized spacial score (nSPS) is 16.1. The van der Waals surface area contributed by atoms with Gasteiger partial charge in [-0.3, -0.25) is 4.79 Å². The van der Waals surface area contributed by atoms with Crippen molar-refractivity contribution in [2.45, 2.75) is 26.7 Å². The molecule has 1 aliphatic rings. The van der Waals surface area contributed by atoms with Gasteiger partial charge >= 0.3 is 0 Å². The third-order valence-electron chi connectivity index (χ3n) is 3.46. The fourth-order valence-electron chi connectivity index (χ4n) is 1.83. The summed E-state index contributed by atoms with van der Waals surface area (Å²) in [4.78, 5) is 11.6. The predicted octanol–water partition coefficient (Wildman–Crippen LogP) is 2.23. The van der Waals surface area contributed by atoms with E-state index in [1.165, 1.54) is 12.8 Å². The molecule has 0 heterocycles. The number of nitrogens with one attached hydrogen (secondary N) is 2. The summed E-state index contributed by atoms with van der Waals surface area (Å²) in [5, 5.41) is 6.12. The highest BCUT2D eigenvalue weighted by Gasteiger charge is 2.36. The molecule has 4 heteroatoms. The Morgan fingerprint density at radius 2 is 2.17 bits per heavy atom. The molecule has 0 bridgehead atoms. The molecule has 4 N–H and O–H groups in total. The van der Waals surface area contributed by atoms with Crippen LogP contribution in [0.5, 0.6) is 0 Å². The van der Waals surface area contributed by atoms with Crippen molar-refractivity contribution in [3.8, 4) is 0 Å². The van der Waals surface area contributed by atoms with E-state index in [9.17, 15) is 4.79 Å². The Kier molecular flexibility index (Phi) is 3.45. The van der Waals surface area contributed by atoms with Crippen LogP contribution in [0, 0.1) is 5.41 Å². The molecule has 98 valence electrons. The fraction of sp³-hybridized carbons (Fsp3) is 0.500. The molecule has 0 spiro atoms. The van der Waals surface area contributed by atoms with E-state index in [0.29, 0.717) is 23.2 Å². The summed E-state index contributed by atoms with van der Waals surface area (Å²) in [5.74, 6) is -0.0788. The van der Waals surface area contributed by atoms with E-state index in [1.807, 2.05) is 13.0 Å². The number of hydrogen-bond donors (Lipinski definition) is 3. The van der Waals surface area contributed by atoms with Crippen molar-refractivity contribution in [1.82, 2.24) is 5.32 Å². The summed E-state index contributed by atoms with van der Waals surface area (Å²) in [6.45, 7) is 5.72. The Bertz CT molecular complexity index is 452. The Morgan fingerprint density at radius 1 is 1.44 bits per heavy atom. The topological polar surface area (TPSA) is 67.2 Å². The van der Waals surface area contributed by atoms with Crippen molar-refractivity contribution < 1.29 is 4.79 Å². The molecular weight excluding hydrogens is 226 g/mol. The lowest BCUT2D eigenvalue weighted by Crippen LogP contribution is -2.22. The molecule has 1 amide bonds. The maximum Gasteiger partial charge on any atom is 0.251 e.